The first-order valence-corrected chi connectivity index (χ1v) is 16.4. The highest BCUT2D eigenvalue weighted by Gasteiger charge is 2.31. The van der Waals surface area contributed by atoms with Gasteiger partial charge in [0, 0.05) is 42.6 Å². The number of nitrogens with zero attached hydrogens (tertiary/aromatic N) is 1. The van der Waals surface area contributed by atoms with Gasteiger partial charge in [-0.2, -0.15) is 0 Å². The van der Waals surface area contributed by atoms with Gasteiger partial charge in [0.1, 0.15) is 0 Å². The molecule has 45 heavy (non-hydrogen) atoms. The number of thiophene rings is 1. The molecule has 0 saturated heterocycles. The normalized spacial score (nSPS) is 14.0. The molecule has 0 bridgehead atoms. The Balaban J connectivity index is 1.15. The highest BCUT2D eigenvalue weighted by Crippen LogP contribution is 2.52. The molecule has 0 fully saturated rings. The number of aromatic nitrogens is 1. The van der Waals surface area contributed by atoms with E-state index in [2.05, 4.69) is 162 Å². The lowest BCUT2D eigenvalue weighted by Crippen LogP contribution is -1.99. The molecule has 0 aliphatic heterocycles. The van der Waals surface area contributed by atoms with Crippen LogP contribution in [-0.4, -0.2) is 4.57 Å². The Morgan fingerprint density at radius 1 is 0.422 bits per heavy atom. The van der Waals surface area contributed by atoms with Gasteiger partial charge in [-0.3, -0.25) is 0 Å². The third kappa shape index (κ3) is 3.61. The van der Waals surface area contributed by atoms with E-state index >= 15 is 0 Å². The minimum Gasteiger partial charge on any atom is -0.309 e. The summed E-state index contributed by atoms with van der Waals surface area (Å²) in [6.07, 6.45) is 0. The smallest absolute Gasteiger partial charge is 0.0541 e. The number of hydrogen-bond acceptors (Lipinski definition) is 1. The van der Waals surface area contributed by atoms with E-state index in [1.54, 1.807) is 0 Å². The van der Waals surface area contributed by atoms with Crippen LogP contribution in [-0.2, 0) is 0 Å². The number of fused-ring (bicyclic) bond motifs is 9. The summed E-state index contributed by atoms with van der Waals surface area (Å²) in [6, 6.07) is 58.3. The lowest BCUT2D eigenvalue weighted by Gasteiger charge is -2.16. The second-order valence-corrected chi connectivity index (χ2v) is 13.1. The van der Waals surface area contributed by atoms with Crippen molar-refractivity contribution in [2.45, 2.75) is 5.92 Å². The van der Waals surface area contributed by atoms with E-state index in [1.165, 1.54) is 86.6 Å². The van der Waals surface area contributed by atoms with Crippen molar-refractivity contribution < 1.29 is 0 Å². The molecule has 0 saturated carbocycles. The van der Waals surface area contributed by atoms with Crippen molar-refractivity contribution in [2.24, 2.45) is 0 Å². The molecular formula is C43H27NS. The molecule has 1 unspecified atom stereocenters. The fourth-order valence-corrected chi connectivity index (χ4v) is 8.97. The Labute approximate surface area is 265 Å². The van der Waals surface area contributed by atoms with Crippen LogP contribution in [0, 0.1) is 0 Å². The first-order valence-electron chi connectivity index (χ1n) is 15.6. The summed E-state index contributed by atoms with van der Waals surface area (Å²) < 4.78 is 5.13. The van der Waals surface area contributed by atoms with Crippen LogP contribution in [0.4, 0.5) is 0 Å². The third-order valence-electron chi connectivity index (χ3n) is 9.69. The van der Waals surface area contributed by atoms with Crippen LogP contribution in [0.15, 0.2) is 158 Å². The fourth-order valence-electron chi connectivity index (χ4n) is 7.72. The monoisotopic (exact) mass is 589 g/mol. The summed E-state index contributed by atoms with van der Waals surface area (Å²) >= 11 is 1.92. The van der Waals surface area contributed by atoms with E-state index in [0.717, 1.165) is 0 Å². The average molecular weight is 590 g/mol. The van der Waals surface area contributed by atoms with Crippen LogP contribution >= 0.6 is 11.3 Å². The number of benzene rings is 7. The quantitative estimate of drug-likeness (QED) is 0.193. The maximum absolute atomic E-state index is 2.43. The Hall–Kier alpha value is -5.44. The third-order valence-corrected chi connectivity index (χ3v) is 10.9. The standard InChI is InChI=1S/C43H27NS/c1-2-11-29(12-3-1)44-39-19-8-6-14-31(39)38-26-28(22-24-40(38)44)27-21-23-34-37(25-27)30-13-4-5-16-33(30)42(34)36-18-10-17-35-32-15-7-9-20-41(32)45-43(35)36/h1-26,42H. The Morgan fingerprint density at radius 2 is 1.09 bits per heavy atom. The minimum absolute atomic E-state index is 0.216. The lowest BCUT2D eigenvalue weighted by molar-refractivity contribution is 1.03. The zero-order chi connectivity index (χ0) is 29.5. The average Bonchev–Trinajstić information content (AvgIpc) is 3.76. The molecule has 1 nitrogen and oxygen atoms in total. The number of rotatable bonds is 3. The zero-order valence-corrected chi connectivity index (χ0v) is 25.3. The van der Waals surface area contributed by atoms with Crippen molar-refractivity contribution in [2.75, 3.05) is 0 Å². The van der Waals surface area contributed by atoms with E-state index < -0.39 is 0 Å². The SMILES string of the molecule is c1ccc(-n2c3ccccc3c3cc(-c4ccc5c(c4)-c4ccccc4C5c4cccc5c4sc4ccccc45)ccc32)cc1. The largest absolute Gasteiger partial charge is 0.309 e. The maximum Gasteiger partial charge on any atom is 0.0541 e. The Kier molecular flexibility index (Phi) is 5.28. The molecule has 7 aromatic carbocycles. The van der Waals surface area contributed by atoms with Crippen LogP contribution in [0.3, 0.4) is 0 Å². The minimum atomic E-state index is 0.216. The molecule has 0 spiro atoms. The van der Waals surface area contributed by atoms with Crippen molar-refractivity contribution in [1.29, 1.82) is 0 Å². The van der Waals surface area contributed by atoms with Crippen molar-refractivity contribution in [3.05, 3.63) is 174 Å². The van der Waals surface area contributed by atoms with Gasteiger partial charge >= 0.3 is 0 Å². The predicted octanol–water partition coefficient (Wildman–Crippen LogP) is 12.0. The molecular weight excluding hydrogens is 563 g/mol. The van der Waals surface area contributed by atoms with Gasteiger partial charge in [0.15, 0.2) is 0 Å². The first-order chi connectivity index (χ1) is 22.3. The van der Waals surface area contributed by atoms with Crippen molar-refractivity contribution in [3.8, 4) is 27.9 Å². The molecule has 2 heteroatoms. The van der Waals surface area contributed by atoms with Gasteiger partial charge < -0.3 is 4.57 Å². The van der Waals surface area contributed by atoms with Gasteiger partial charge in [-0.15, -0.1) is 11.3 Å². The predicted molar refractivity (Wildman–Crippen MR) is 192 cm³/mol. The van der Waals surface area contributed by atoms with E-state index in [0.29, 0.717) is 0 Å². The maximum atomic E-state index is 2.43. The Morgan fingerprint density at radius 3 is 2.02 bits per heavy atom. The summed E-state index contributed by atoms with van der Waals surface area (Å²) in [7, 11) is 0. The zero-order valence-electron chi connectivity index (χ0n) is 24.4. The van der Waals surface area contributed by atoms with Gasteiger partial charge in [0.25, 0.3) is 0 Å². The molecule has 0 amide bonds. The second-order valence-electron chi connectivity index (χ2n) is 12.1. The molecule has 1 atom stereocenters. The van der Waals surface area contributed by atoms with Crippen molar-refractivity contribution in [3.63, 3.8) is 0 Å². The second kappa shape index (κ2) is 9.53. The van der Waals surface area contributed by atoms with E-state index in [9.17, 15) is 0 Å². The molecule has 9 aromatic rings. The molecule has 2 aromatic heterocycles. The van der Waals surface area contributed by atoms with Crippen molar-refractivity contribution in [1.82, 2.24) is 4.57 Å². The van der Waals surface area contributed by atoms with Crippen LogP contribution in [0.5, 0.6) is 0 Å². The van der Waals surface area contributed by atoms with E-state index in [-0.39, 0.29) is 5.92 Å². The molecule has 1 aliphatic carbocycles. The van der Waals surface area contributed by atoms with Gasteiger partial charge in [0.05, 0.1) is 11.0 Å². The summed E-state index contributed by atoms with van der Waals surface area (Å²) in [5.74, 6) is 0.216. The number of hydrogen-bond donors (Lipinski definition) is 0. The highest BCUT2D eigenvalue weighted by atomic mass is 32.1. The summed E-state index contributed by atoms with van der Waals surface area (Å²) in [5, 5.41) is 5.27. The fraction of sp³-hybridized carbons (Fsp3) is 0.0233. The van der Waals surface area contributed by atoms with Crippen LogP contribution in [0.2, 0.25) is 0 Å². The topological polar surface area (TPSA) is 4.93 Å². The van der Waals surface area contributed by atoms with Gasteiger partial charge in [-0.1, -0.05) is 115 Å². The summed E-state index contributed by atoms with van der Waals surface area (Å²) in [4.78, 5) is 0. The van der Waals surface area contributed by atoms with Crippen molar-refractivity contribution >= 4 is 53.3 Å². The van der Waals surface area contributed by atoms with Gasteiger partial charge in [0.2, 0.25) is 0 Å². The number of para-hydroxylation sites is 2. The van der Waals surface area contributed by atoms with Gasteiger partial charge in [-0.25, -0.2) is 0 Å². The molecule has 210 valence electrons. The molecule has 1 aliphatic rings. The van der Waals surface area contributed by atoms with Crippen LogP contribution < -0.4 is 0 Å². The van der Waals surface area contributed by atoms with E-state index in [4.69, 9.17) is 0 Å². The van der Waals surface area contributed by atoms with E-state index in [1.807, 2.05) is 11.3 Å². The first kappa shape index (κ1) is 24.9. The van der Waals surface area contributed by atoms with Crippen LogP contribution in [0.25, 0.3) is 69.9 Å². The molecule has 0 N–H and O–H groups in total. The lowest BCUT2D eigenvalue weighted by atomic mass is 9.88. The molecule has 2 heterocycles. The molecule has 10 rings (SSSR count). The summed E-state index contributed by atoms with van der Waals surface area (Å²) in [5.41, 5.74) is 13.0. The summed E-state index contributed by atoms with van der Waals surface area (Å²) in [6.45, 7) is 0. The van der Waals surface area contributed by atoms with Crippen LogP contribution in [0.1, 0.15) is 22.6 Å². The van der Waals surface area contributed by atoms with Gasteiger partial charge in [-0.05, 0) is 81.4 Å². The highest BCUT2D eigenvalue weighted by molar-refractivity contribution is 7.26. The molecule has 0 radical (unpaired) electrons. The Bertz CT molecular complexity index is 2600.